The fourth-order valence-corrected chi connectivity index (χ4v) is 2.02. The number of halogens is 1. The monoisotopic (exact) mass is 210 g/mol. The van der Waals surface area contributed by atoms with E-state index in [1.165, 1.54) is 16.2 Å². The van der Waals surface area contributed by atoms with Crippen LogP contribution in [0.15, 0.2) is 42.5 Å². The minimum absolute atomic E-state index is 0.655. The largest absolute Gasteiger partial charge is 0.0836 e. The van der Waals surface area contributed by atoms with Crippen molar-refractivity contribution in [1.29, 1.82) is 0 Å². The van der Waals surface area contributed by atoms with Crippen molar-refractivity contribution in [1.82, 2.24) is 0 Å². The van der Waals surface area contributed by atoms with Crippen LogP contribution >= 0.6 is 11.6 Å². The zero-order valence-electron chi connectivity index (χ0n) is 7.92. The van der Waals surface area contributed by atoms with Crippen molar-refractivity contribution in [2.24, 2.45) is 0 Å². The summed E-state index contributed by atoms with van der Waals surface area (Å²) in [7, 11) is 0. The number of hydrogen-bond donors (Lipinski definition) is 0. The predicted octanol–water partition coefficient (Wildman–Crippen LogP) is 4.25. The Morgan fingerprint density at radius 3 is 2.60 bits per heavy atom. The van der Waals surface area contributed by atoms with Gasteiger partial charge in [0.15, 0.2) is 0 Å². The van der Waals surface area contributed by atoms with Crippen molar-refractivity contribution >= 4 is 33.1 Å². The van der Waals surface area contributed by atoms with E-state index in [1.54, 1.807) is 0 Å². The Bertz CT molecular complexity index is 641. The average molecular weight is 211 g/mol. The lowest BCUT2D eigenvalue weighted by Gasteiger charge is -2.03. The number of hydrogen-bond acceptors (Lipinski definition) is 0. The van der Waals surface area contributed by atoms with Gasteiger partial charge in [0.25, 0.3) is 0 Å². The van der Waals surface area contributed by atoms with Gasteiger partial charge in [0, 0.05) is 11.1 Å². The molecule has 1 heteroatoms. The van der Waals surface area contributed by atoms with Gasteiger partial charge in [-0.15, -0.1) is 0 Å². The molecule has 3 aromatic carbocycles. The fraction of sp³-hybridized carbons (Fsp3) is 0. The highest BCUT2D eigenvalue weighted by molar-refractivity contribution is 6.31. The normalized spacial score (nSPS) is 11.0. The maximum atomic E-state index is 5.96. The van der Waals surface area contributed by atoms with Gasteiger partial charge in [-0.25, -0.2) is 0 Å². The van der Waals surface area contributed by atoms with Gasteiger partial charge in [-0.3, -0.25) is 0 Å². The first-order valence-electron chi connectivity index (χ1n) is 4.74. The van der Waals surface area contributed by atoms with Crippen molar-refractivity contribution in [3.8, 4) is 0 Å². The molecule has 15 heavy (non-hydrogen) atoms. The molecule has 2 radical (unpaired) electrons. The molecule has 0 atom stereocenters. The van der Waals surface area contributed by atoms with Crippen molar-refractivity contribution < 1.29 is 0 Å². The van der Waals surface area contributed by atoms with E-state index in [4.69, 9.17) is 11.6 Å². The third kappa shape index (κ3) is 1.38. The van der Waals surface area contributed by atoms with Gasteiger partial charge in [-0.1, -0.05) is 35.9 Å². The fourth-order valence-electron chi connectivity index (χ4n) is 1.85. The Hall–Kier alpha value is -1.53. The summed E-state index contributed by atoms with van der Waals surface area (Å²) in [6.07, 6.45) is 0. The van der Waals surface area contributed by atoms with Crippen molar-refractivity contribution in [2.45, 2.75) is 0 Å². The second kappa shape index (κ2) is 3.25. The Morgan fingerprint density at radius 2 is 1.73 bits per heavy atom. The average Bonchev–Trinajstić information content (AvgIpc) is 2.29. The molecule has 70 valence electrons. The minimum Gasteiger partial charge on any atom is -0.0836 e. The molecule has 0 aliphatic carbocycles. The number of fused-ring (bicyclic) bond motifs is 3. The first kappa shape index (κ1) is 8.75. The van der Waals surface area contributed by atoms with E-state index in [9.17, 15) is 0 Å². The van der Waals surface area contributed by atoms with Gasteiger partial charge in [-0.05, 0) is 45.8 Å². The summed E-state index contributed by atoms with van der Waals surface area (Å²) in [5.74, 6) is 0. The predicted molar refractivity (Wildman–Crippen MR) is 64.1 cm³/mol. The molecule has 0 amide bonds. The summed E-state index contributed by atoms with van der Waals surface area (Å²) in [6, 6.07) is 20.1. The Labute approximate surface area is 93.1 Å². The summed E-state index contributed by atoms with van der Waals surface area (Å²) in [6.45, 7) is 0. The lowest BCUT2D eigenvalue weighted by atomic mass is 10.0. The van der Waals surface area contributed by atoms with E-state index in [0.29, 0.717) is 5.02 Å². The van der Waals surface area contributed by atoms with E-state index in [-0.39, 0.29) is 0 Å². The molecule has 0 nitrogen and oxygen atoms in total. The molecule has 0 N–H and O–H groups in total. The number of benzene rings is 3. The molecule has 0 bridgehead atoms. The summed E-state index contributed by atoms with van der Waals surface area (Å²) < 4.78 is 0. The molecule has 0 heterocycles. The molecule has 0 aromatic heterocycles. The van der Waals surface area contributed by atoms with Gasteiger partial charge >= 0.3 is 0 Å². The molecule has 0 saturated carbocycles. The molecular weight excluding hydrogens is 204 g/mol. The standard InChI is InChI=1S/C14H7Cl/c15-12-8-7-11-6-5-10-3-1-2-4-13(10)14(11)9-12/h2-7,9H. The zero-order valence-corrected chi connectivity index (χ0v) is 8.68. The van der Waals surface area contributed by atoms with Gasteiger partial charge in [0.05, 0.1) is 0 Å². The van der Waals surface area contributed by atoms with Crippen molar-refractivity contribution in [3.63, 3.8) is 0 Å². The second-order valence-electron chi connectivity index (χ2n) is 3.50. The van der Waals surface area contributed by atoms with Crippen LogP contribution in [0.5, 0.6) is 0 Å². The van der Waals surface area contributed by atoms with Gasteiger partial charge in [-0.2, -0.15) is 0 Å². The van der Waals surface area contributed by atoms with Crippen LogP contribution < -0.4 is 0 Å². The van der Waals surface area contributed by atoms with E-state index in [0.717, 1.165) is 5.39 Å². The lowest BCUT2D eigenvalue weighted by Crippen LogP contribution is -1.77. The van der Waals surface area contributed by atoms with Crippen LogP contribution in [0.1, 0.15) is 0 Å². The Kier molecular flexibility index (Phi) is 1.90. The SMILES string of the molecule is Clc1[c]cc2ccc3c[c]ccc3c2c1. The second-order valence-corrected chi connectivity index (χ2v) is 3.90. The third-order valence-corrected chi connectivity index (χ3v) is 2.79. The Morgan fingerprint density at radius 1 is 0.933 bits per heavy atom. The van der Waals surface area contributed by atoms with E-state index in [2.05, 4.69) is 30.3 Å². The first-order chi connectivity index (χ1) is 7.34. The lowest BCUT2D eigenvalue weighted by molar-refractivity contribution is 1.74. The highest BCUT2D eigenvalue weighted by atomic mass is 35.5. The van der Waals surface area contributed by atoms with Gasteiger partial charge in [0.2, 0.25) is 0 Å². The van der Waals surface area contributed by atoms with Crippen LogP contribution in [0.3, 0.4) is 0 Å². The van der Waals surface area contributed by atoms with Gasteiger partial charge in [0.1, 0.15) is 0 Å². The number of rotatable bonds is 0. The summed E-state index contributed by atoms with van der Waals surface area (Å²) in [4.78, 5) is 0. The molecule has 0 aliphatic rings. The molecule has 3 rings (SSSR count). The molecule has 0 saturated heterocycles. The third-order valence-electron chi connectivity index (χ3n) is 2.58. The molecule has 0 unspecified atom stereocenters. The Balaban J connectivity index is 2.57. The topological polar surface area (TPSA) is 0 Å². The molecule has 0 aliphatic heterocycles. The molecular formula is C14H7Cl. The molecule has 0 fully saturated rings. The van der Waals surface area contributed by atoms with Crippen molar-refractivity contribution in [2.75, 3.05) is 0 Å². The van der Waals surface area contributed by atoms with E-state index >= 15 is 0 Å². The van der Waals surface area contributed by atoms with Gasteiger partial charge < -0.3 is 0 Å². The van der Waals surface area contributed by atoms with Crippen molar-refractivity contribution in [3.05, 3.63) is 59.6 Å². The van der Waals surface area contributed by atoms with E-state index in [1.807, 2.05) is 24.3 Å². The quantitative estimate of drug-likeness (QED) is 0.487. The first-order valence-corrected chi connectivity index (χ1v) is 5.12. The summed E-state index contributed by atoms with van der Waals surface area (Å²) in [5.41, 5.74) is 0. The van der Waals surface area contributed by atoms with Crippen LogP contribution in [0.25, 0.3) is 21.5 Å². The van der Waals surface area contributed by atoms with Crippen LogP contribution in [-0.2, 0) is 0 Å². The summed E-state index contributed by atoms with van der Waals surface area (Å²) >= 11 is 5.96. The smallest absolute Gasteiger partial charge is 0.0491 e. The summed E-state index contributed by atoms with van der Waals surface area (Å²) in [5, 5.41) is 5.39. The van der Waals surface area contributed by atoms with E-state index < -0.39 is 0 Å². The minimum atomic E-state index is 0.655. The van der Waals surface area contributed by atoms with Crippen LogP contribution in [-0.4, -0.2) is 0 Å². The highest BCUT2D eigenvalue weighted by Crippen LogP contribution is 2.26. The highest BCUT2D eigenvalue weighted by Gasteiger charge is 2.00. The maximum Gasteiger partial charge on any atom is 0.0491 e. The van der Waals surface area contributed by atoms with Crippen LogP contribution in [0.4, 0.5) is 0 Å². The van der Waals surface area contributed by atoms with Crippen LogP contribution in [0, 0.1) is 12.1 Å². The zero-order chi connectivity index (χ0) is 10.3. The van der Waals surface area contributed by atoms with Crippen LogP contribution in [0.2, 0.25) is 5.02 Å². The maximum absolute atomic E-state index is 5.96. The molecule has 3 aromatic rings. The molecule has 0 spiro atoms.